The third-order valence-corrected chi connectivity index (χ3v) is 3.96. The van der Waals surface area contributed by atoms with Gasteiger partial charge in [-0.2, -0.15) is 0 Å². The highest BCUT2D eigenvalue weighted by molar-refractivity contribution is 7.98. The zero-order valence-corrected chi connectivity index (χ0v) is 12.9. The van der Waals surface area contributed by atoms with Gasteiger partial charge in [-0.1, -0.05) is 29.7 Å². The number of halogens is 1. The lowest BCUT2D eigenvalue weighted by Gasteiger charge is -2.15. The fourth-order valence-electron chi connectivity index (χ4n) is 1.79. The number of thioether (sulfide) groups is 1. The molecule has 21 heavy (non-hydrogen) atoms. The van der Waals surface area contributed by atoms with Gasteiger partial charge in [-0.3, -0.25) is 4.79 Å². The molecule has 0 bridgehead atoms. The van der Waals surface area contributed by atoms with E-state index in [-0.39, 0.29) is 0 Å². The van der Waals surface area contributed by atoms with E-state index in [4.69, 9.17) is 22.8 Å². The molecule has 0 saturated carbocycles. The van der Waals surface area contributed by atoms with Crippen LogP contribution in [0.3, 0.4) is 0 Å². The number of benzene rings is 2. The quantitative estimate of drug-likeness (QED) is 0.466. The Bertz CT molecular complexity index is 674. The van der Waals surface area contributed by atoms with Gasteiger partial charge in [-0.15, -0.1) is 18.2 Å². The van der Waals surface area contributed by atoms with E-state index < -0.39 is 6.10 Å². The van der Waals surface area contributed by atoms with Gasteiger partial charge < -0.3 is 4.74 Å². The van der Waals surface area contributed by atoms with Crippen LogP contribution in [0.25, 0.3) is 0 Å². The molecule has 106 valence electrons. The van der Waals surface area contributed by atoms with Gasteiger partial charge in [-0.05, 0) is 42.2 Å². The summed E-state index contributed by atoms with van der Waals surface area (Å²) >= 11 is 7.74. The predicted molar refractivity (Wildman–Crippen MR) is 87.0 cm³/mol. The molecule has 0 N–H and O–H groups in total. The minimum absolute atomic E-state index is 0.387. The Morgan fingerprint density at radius 3 is 2.52 bits per heavy atom. The first kappa shape index (κ1) is 15.5. The SMILES string of the molecule is C#Cc1ccc(OC(C=O)c2ccc(SC)cc2)c(Cl)c1. The van der Waals surface area contributed by atoms with Crippen molar-refractivity contribution in [1.29, 1.82) is 0 Å². The first-order valence-corrected chi connectivity index (χ1v) is 7.80. The molecule has 0 aliphatic carbocycles. The maximum atomic E-state index is 11.3. The largest absolute Gasteiger partial charge is 0.477 e. The zero-order valence-electron chi connectivity index (χ0n) is 11.4. The van der Waals surface area contributed by atoms with Gasteiger partial charge in [0.15, 0.2) is 12.4 Å². The molecule has 2 aromatic carbocycles. The van der Waals surface area contributed by atoms with E-state index in [0.717, 1.165) is 16.7 Å². The van der Waals surface area contributed by atoms with Crippen LogP contribution in [-0.2, 0) is 4.79 Å². The van der Waals surface area contributed by atoms with Crippen molar-refractivity contribution < 1.29 is 9.53 Å². The fourth-order valence-corrected chi connectivity index (χ4v) is 2.42. The Labute approximate surface area is 133 Å². The van der Waals surface area contributed by atoms with Gasteiger partial charge in [0.2, 0.25) is 0 Å². The molecule has 0 amide bonds. The molecule has 1 unspecified atom stereocenters. The van der Waals surface area contributed by atoms with Crippen molar-refractivity contribution in [1.82, 2.24) is 0 Å². The van der Waals surface area contributed by atoms with Crippen molar-refractivity contribution in [3.63, 3.8) is 0 Å². The monoisotopic (exact) mass is 316 g/mol. The lowest BCUT2D eigenvalue weighted by molar-refractivity contribution is -0.113. The second-order valence-electron chi connectivity index (χ2n) is 4.24. The number of terminal acetylenes is 1. The van der Waals surface area contributed by atoms with Crippen molar-refractivity contribution in [3.8, 4) is 18.1 Å². The number of rotatable bonds is 5. The summed E-state index contributed by atoms with van der Waals surface area (Å²) in [5.74, 6) is 2.93. The molecule has 0 spiro atoms. The molecule has 0 aliphatic rings. The van der Waals surface area contributed by atoms with Crippen LogP contribution in [0.4, 0.5) is 0 Å². The van der Waals surface area contributed by atoms with Crippen molar-refractivity contribution >= 4 is 29.6 Å². The average Bonchev–Trinajstić information content (AvgIpc) is 2.54. The maximum Gasteiger partial charge on any atom is 0.179 e. The molecule has 0 aromatic heterocycles. The standard InChI is InChI=1S/C17H13ClO2S/c1-3-12-4-9-16(15(18)10-12)20-17(11-19)13-5-7-14(21-2)8-6-13/h1,4-11,17H,2H3. The van der Waals surface area contributed by atoms with Gasteiger partial charge in [0.05, 0.1) is 5.02 Å². The first-order chi connectivity index (χ1) is 10.2. The van der Waals surface area contributed by atoms with Crippen LogP contribution in [0.2, 0.25) is 5.02 Å². The van der Waals surface area contributed by atoms with Gasteiger partial charge in [0.25, 0.3) is 0 Å². The molecular weight excluding hydrogens is 304 g/mol. The molecule has 2 rings (SSSR count). The average molecular weight is 317 g/mol. The topological polar surface area (TPSA) is 26.3 Å². The number of hydrogen-bond acceptors (Lipinski definition) is 3. The van der Waals surface area contributed by atoms with Crippen LogP contribution >= 0.6 is 23.4 Å². The normalized spacial score (nSPS) is 11.5. The lowest BCUT2D eigenvalue weighted by atomic mass is 10.1. The number of aldehydes is 1. The van der Waals surface area contributed by atoms with Crippen molar-refractivity contribution in [2.75, 3.05) is 6.26 Å². The van der Waals surface area contributed by atoms with Gasteiger partial charge in [-0.25, -0.2) is 0 Å². The third kappa shape index (κ3) is 3.81. The highest BCUT2D eigenvalue weighted by Crippen LogP contribution is 2.29. The lowest BCUT2D eigenvalue weighted by Crippen LogP contribution is -2.09. The van der Waals surface area contributed by atoms with Crippen molar-refractivity contribution in [2.45, 2.75) is 11.0 Å². The zero-order chi connectivity index (χ0) is 15.2. The number of hydrogen-bond donors (Lipinski definition) is 0. The Balaban J connectivity index is 2.22. The van der Waals surface area contributed by atoms with Gasteiger partial charge in [0, 0.05) is 10.5 Å². The van der Waals surface area contributed by atoms with E-state index in [1.54, 1.807) is 30.0 Å². The smallest absolute Gasteiger partial charge is 0.179 e. The molecule has 0 fully saturated rings. The molecule has 2 aromatic rings. The molecule has 2 nitrogen and oxygen atoms in total. The van der Waals surface area contributed by atoms with E-state index in [2.05, 4.69) is 5.92 Å². The molecule has 0 heterocycles. The van der Waals surface area contributed by atoms with Crippen molar-refractivity contribution in [2.24, 2.45) is 0 Å². The molecule has 0 saturated heterocycles. The van der Waals surface area contributed by atoms with Gasteiger partial charge in [0.1, 0.15) is 5.75 Å². The summed E-state index contributed by atoms with van der Waals surface area (Å²) in [5, 5.41) is 0.387. The second-order valence-corrected chi connectivity index (χ2v) is 5.52. The van der Waals surface area contributed by atoms with E-state index in [9.17, 15) is 4.79 Å². The van der Waals surface area contributed by atoms with Crippen LogP contribution in [0.1, 0.15) is 17.2 Å². The second kappa shape index (κ2) is 7.21. The van der Waals surface area contributed by atoms with E-state index in [0.29, 0.717) is 16.3 Å². The summed E-state index contributed by atoms with van der Waals surface area (Å²) < 4.78 is 5.68. The molecule has 0 radical (unpaired) electrons. The van der Waals surface area contributed by atoms with Crippen molar-refractivity contribution in [3.05, 3.63) is 58.6 Å². The summed E-state index contributed by atoms with van der Waals surface area (Å²) in [5.41, 5.74) is 1.44. The minimum atomic E-state index is -0.699. The Morgan fingerprint density at radius 2 is 2.00 bits per heavy atom. The van der Waals surface area contributed by atoms with Gasteiger partial charge >= 0.3 is 0 Å². The molecule has 1 atom stereocenters. The number of ether oxygens (including phenoxy) is 1. The summed E-state index contributed by atoms with van der Waals surface area (Å²) in [7, 11) is 0. The van der Waals surface area contributed by atoms with Crippen LogP contribution in [0, 0.1) is 12.3 Å². The summed E-state index contributed by atoms with van der Waals surface area (Å²) in [6, 6.07) is 12.7. The Kier molecular flexibility index (Phi) is 5.32. The Hall–Kier alpha value is -1.89. The third-order valence-electron chi connectivity index (χ3n) is 2.92. The summed E-state index contributed by atoms with van der Waals surface area (Å²) in [6.07, 6.45) is 7.35. The highest BCUT2D eigenvalue weighted by Gasteiger charge is 2.14. The Morgan fingerprint density at radius 1 is 1.29 bits per heavy atom. The fraction of sp³-hybridized carbons (Fsp3) is 0.118. The molecular formula is C17H13ClO2S. The van der Waals surface area contributed by atoms with Crippen LogP contribution in [-0.4, -0.2) is 12.5 Å². The molecule has 0 aliphatic heterocycles. The predicted octanol–water partition coefficient (Wildman–Crippen LogP) is 4.36. The minimum Gasteiger partial charge on any atom is -0.477 e. The highest BCUT2D eigenvalue weighted by atomic mass is 35.5. The van der Waals surface area contributed by atoms with Crippen LogP contribution < -0.4 is 4.74 Å². The van der Waals surface area contributed by atoms with E-state index in [1.165, 1.54) is 0 Å². The maximum absolute atomic E-state index is 11.3. The first-order valence-electron chi connectivity index (χ1n) is 6.20. The van der Waals surface area contributed by atoms with E-state index in [1.807, 2.05) is 30.5 Å². The number of carbonyl (C=O) groups is 1. The summed E-state index contributed by atoms with van der Waals surface area (Å²) in [6.45, 7) is 0. The molecule has 4 heteroatoms. The summed E-state index contributed by atoms with van der Waals surface area (Å²) in [4.78, 5) is 12.4. The number of carbonyl (C=O) groups excluding carboxylic acids is 1. The van der Waals surface area contributed by atoms with Crippen LogP contribution in [0.5, 0.6) is 5.75 Å². The van der Waals surface area contributed by atoms with E-state index >= 15 is 0 Å². The van der Waals surface area contributed by atoms with Crippen LogP contribution in [0.15, 0.2) is 47.4 Å².